The molecule has 0 fully saturated rings. The first-order valence-corrected chi connectivity index (χ1v) is 10.9. The van der Waals surface area contributed by atoms with Gasteiger partial charge in [-0.2, -0.15) is 5.10 Å². The molecule has 2 aromatic carbocycles. The van der Waals surface area contributed by atoms with Crippen LogP contribution >= 0.6 is 24.0 Å². The van der Waals surface area contributed by atoms with Gasteiger partial charge >= 0.3 is 0 Å². The zero-order valence-corrected chi connectivity index (χ0v) is 20.8. The highest BCUT2D eigenvalue weighted by molar-refractivity contribution is 14.0. The Morgan fingerprint density at radius 2 is 1.78 bits per heavy atom. The van der Waals surface area contributed by atoms with Gasteiger partial charge in [0, 0.05) is 44.3 Å². The van der Waals surface area contributed by atoms with Crippen LogP contribution in [0.4, 0.5) is 5.69 Å². The maximum Gasteiger partial charge on any atom is 0.191 e. The topological polar surface area (TPSA) is 57.5 Å². The fraction of sp³-hybridized carbons (Fsp3) is 0.280. The summed E-state index contributed by atoms with van der Waals surface area (Å²) >= 11 is 0. The van der Waals surface area contributed by atoms with Crippen LogP contribution in [0, 0.1) is 0 Å². The number of anilines is 1. The minimum atomic E-state index is 0. The van der Waals surface area contributed by atoms with Crippen molar-refractivity contribution in [2.75, 3.05) is 31.1 Å². The van der Waals surface area contributed by atoms with Gasteiger partial charge in [-0.05, 0) is 54.8 Å². The number of hydrogen-bond donors (Lipinski definition) is 2. The summed E-state index contributed by atoms with van der Waals surface area (Å²) in [6, 6.07) is 19.1. The number of nitrogens with one attached hydrogen (secondary N) is 2. The highest BCUT2D eigenvalue weighted by Gasteiger charge is 2.08. The molecule has 0 saturated carbocycles. The van der Waals surface area contributed by atoms with Gasteiger partial charge in [-0.3, -0.25) is 0 Å². The zero-order valence-electron chi connectivity index (χ0n) is 18.4. The third kappa shape index (κ3) is 6.59. The van der Waals surface area contributed by atoms with E-state index in [-0.39, 0.29) is 24.0 Å². The molecule has 4 rings (SSSR count). The maximum absolute atomic E-state index is 4.78. The van der Waals surface area contributed by atoms with E-state index in [9.17, 15) is 0 Å². The first-order chi connectivity index (χ1) is 15.3. The minimum Gasteiger partial charge on any atom is -0.364 e. The summed E-state index contributed by atoms with van der Waals surface area (Å²) in [6.07, 6.45) is 9.10. The monoisotopic (exact) mass is 542 g/mol. The van der Waals surface area contributed by atoms with Crippen LogP contribution in [0.3, 0.4) is 0 Å². The van der Waals surface area contributed by atoms with Gasteiger partial charge in [-0.15, -0.1) is 24.0 Å². The van der Waals surface area contributed by atoms with Crippen LogP contribution in [-0.2, 0) is 13.0 Å². The summed E-state index contributed by atoms with van der Waals surface area (Å²) in [5, 5.41) is 11.1. The summed E-state index contributed by atoms with van der Waals surface area (Å²) in [6.45, 7) is 6.38. The molecule has 0 atom stereocenters. The number of guanidine groups is 1. The number of rotatable bonds is 8. The van der Waals surface area contributed by atoms with E-state index in [0.29, 0.717) is 6.54 Å². The average Bonchev–Trinajstić information content (AvgIpc) is 3.53. The molecular weight excluding hydrogens is 511 g/mol. The molecule has 168 valence electrons. The Labute approximate surface area is 207 Å². The van der Waals surface area contributed by atoms with E-state index in [4.69, 9.17) is 4.99 Å². The maximum atomic E-state index is 4.78. The highest BCUT2D eigenvalue weighted by atomic mass is 127. The molecule has 0 aliphatic carbocycles. The van der Waals surface area contributed by atoms with Gasteiger partial charge in [0.05, 0.1) is 12.2 Å². The summed E-state index contributed by atoms with van der Waals surface area (Å²) in [5.74, 6) is 0.851. The van der Waals surface area contributed by atoms with Crippen LogP contribution in [0.2, 0.25) is 0 Å². The van der Waals surface area contributed by atoms with E-state index >= 15 is 0 Å². The Morgan fingerprint density at radius 3 is 2.50 bits per heavy atom. The van der Waals surface area contributed by atoms with Crippen molar-refractivity contribution < 1.29 is 0 Å². The fourth-order valence-electron chi connectivity index (χ4n) is 3.61. The number of nitrogens with zero attached hydrogens (tertiary/aromatic N) is 4. The fourth-order valence-corrected chi connectivity index (χ4v) is 3.61. The first-order valence-electron chi connectivity index (χ1n) is 10.9. The second-order valence-corrected chi connectivity index (χ2v) is 7.54. The minimum absolute atomic E-state index is 0. The van der Waals surface area contributed by atoms with Crippen LogP contribution in [0.5, 0.6) is 0 Å². The smallest absolute Gasteiger partial charge is 0.191 e. The van der Waals surface area contributed by atoms with Crippen molar-refractivity contribution >= 4 is 35.6 Å². The zero-order chi connectivity index (χ0) is 21.3. The van der Waals surface area contributed by atoms with Crippen molar-refractivity contribution in [3.63, 3.8) is 0 Å². The summed E-state index contributed by atoms with van der Waals surface area (Å²) in [5.41, 5.74) is 4.83. The lowest BCUT2D eigenvalue weighted by molar-refractivity contribution is 0.798. The first kappa shape index (κ1) is 23.8. The van der Waals surface area contributed by atoms with Gasteiger partial charge in [0.15, 0.2) is 5.96 Å². The van der Waals surface area contributed by atoms with Crippen LogP contribution in [0.25, 0.3) is 5.69 Å². The largest absolute Gasteiger partial charge is 0.364 e. The van der Waals surface area contributed by atoms with Crippen molar-refractivity contribution in [1.29, 1.82) is 0 Å². The average molecular weight is 542 g/mol. The molecule has 1 aromatic heterocycles. The normalized spacial score (nSPS) is 13.2. The summed E-state index contributed by atoms with van der Waals surface area (Å²) in [7, 11) is 0. The van der Waals surface area contributed by atoms with Crippen molar-refractivity contribution in [2.45, 2.75) is 19.9 Å². The Kier molecular flexibility index (Phi) is 9.15. The summed E-state index contributed by atoms with van der Waals surface area (Å²) < 4.78 is 1.87. The third-order valence-corrected chi connectivity index (χ3v) is 5.27. The van der Waals surface area contributed by atoms with E-state index in [1.807, 2.05) is 16.9 Å². The molecule has 0 amide bonds. The van der Waals surface area contributed by atoms with Crippen molar-refractivity contribution in [2.24, 2.45) is 4.99 Å². The van der Waals surface area contributed by atoms with Gasteiger partial charge in [0.1, 0.15) is 0 Å². The van der Waals surface area contributed by atoms with Crippen LogP contribution in [-0.4, -0.2) is 41.9 Å². The lowest BCUT2D eigenvalue weighted by atomic mass is 10.1. The third-order valence-electron chi connectivity index (χ3n) is 5.27. The number of halogens is 1. The van der Waals surface area contributed by atoms with E-state index in [1.165, 1.54) is 16.8 Å². The molecule has 6 nitrogen and oxygen atoms in total. The van der Waals surface area contributed by atoms with E-state index in [0.717, 1.165) is 44.2 Å². The lowest BCUT2D eigenvalue weighted by Crippen LogP contribution is -2.38. The number of aliphatic imine (C=N–C) groups is 1. The standard InChI is InChI=1S/C25H30N6.HI/c1-2-26-25(28-20-22-7-5-8-24(19-22)30-16-3-4-17-30)27-15-13-21-9-11-23(12-10-21)31-18-6-14-29-31;/h3-12,14,18-19H,2,13,15-17,20H2,1H3,(H2,26,27,28);1H. The van der Waals surface area contributed by atoms with E-state index < -0.39 is 0 Å². The number of hydrogen-bond acceptors (Lipinski definition) is 3. The molecule has 0 radical (unpaired) electrons. The summed E-state index contributed by atoms with van der Waals surface area (Å²) in [4.78, 5) is 7.13. The van der Waals surface area contributed by atoms with Gasteiger partial charge in [0.2, 0.25) is 0 Å². The van der Waals surface area contributed by atoms with Crippen molar-refractivity contribution in [1.82, 2.24) is 20.4 Å². The number of benzene rings is 2. The second kappa shape index (κ2) is 12.3. The van der Waals surface area contributed by atoms with Crippen LogP contribution in [0.1, 0.15) is 18.1 Å². The molecule has 3 aromatic rings. The Bertz CT molecular complexity index is 1000. The van der Waals surface area contributed by atoms with E-state index in [2.05, 4.69) is 88.2 Å². The van der Waals surface area contributed by atoms with Crippen molar-refractivity contribution in [3.05, 3.63) is 90.3 Å². The quantitative estimate of drug-likeness (QED) is 0.194. The second-order valence-electron chi connectivity index (χ2n) is 7.54. The molecule has 2 N–H and O–H groups in total. The van der Waals surface area contributed by atoms with Gasteiger partial charge in [-0.25, -0.2) is 9.67 Å². The lowest BCUT2D eigenvalue weighted by Gasteiger charge is -2.18. The molecular formula is C25H31IN6. The SMILES string of the molecule is CCNC(=NCc1cccc(N2CC=CC2)c1)NCCc1ccc(-n2cccn2)cc1.I. The predicted octanol–water partition coefficient (Wildman–Crippen LogP) is 4.16. The van der Waals surface area contributed by atoms with E-state index in [1.54, 1.807) is 6.20 Å². The Hall–Kier alpha value is -2.81. The molecule has 0 bridgehead atoms. The van der Waals surface area contributed by atoms with Crippen molar-refractivity contribution in [3.8, 4) is 5.69 Å². The molecule has 1 aliphatic heterocycles. The number of aromatic nitrogens is 2. The highest BCUT2D eigenvalue weighted by Crippen LogP contribution is 2.19. The molecule has 1 aliphatic rings. The van der Waals surface area contributed by atoms with Gasteiger partial charge in [-0.1, -0.05) is 36.4 Å². The van der Waals surface area contributed by atoms with Crippen LogP contribution in [0.15, 0.2) is 84.1 Å². The molecule has 32 heavy (non-hydrogen) atoms. The Morgan fingerprint density at radius 1 is 0.969 bits per heavy atom. The molecule has 2 heterocycles. The van der Waals surface area contributed by atoms with Crippen LogP contribution < -0.4 is 15.5 Å². The van der Waals surface area contributed by atoms with Gasteiger partial charge < -0.3 is 15.5 Å². The molecule has 0 saturated heterocycles. The molecule has 0 spiro atoms. The molecule has 0 unspecified atom stereocenters. The van der Waals surface area contributed by atoms with Gasteiger partial charge in [0.25, 0.3) is 0 Å². The Balaban J connectivity index is 0.00000289. The predicted molar refractivity (Wildman–Crippen MR) is 143 cm³/mol. The molecule has 7 heteroatoms.